The van der Waals surface area contributed by atoms with E-state index in [1.165, 1.54) is 6.33 Å². The van der Waals surface area contributed by atoms with Gasteiger partial charge in [-0.1, -0.05) is 36.4 Å². The van der Waals surface area contributed by atoms with Crippen LogP contribution in [-0.4, -0.2) is 15.9 Å². The van der Waals surface area contributed by atoms with Gasteiger partial charge in [0.25, 0.3) is 0 Å². The maximum atomic E-state index is 11.3. The molecule has 0 aliphatic rings. The molecule has 4 rings (SSSR count). The van der Waals surface area contributed by atoms with Crippen LogP contribution in [0.25, 0.3) is 20.7 Å². The number of thiophene rings is 1. The zero-order chi connectivity index (χ0) is 17.2. The van der Waals surface area contributed by atoms with Crippen LogP contribution < -0.4 is 10.5 Å². The first-order valence-corrected chi connectivity index (χ1v) is 8.40. The molecule has 2 heterocycles. The number of benzene rings is 2. The van der Waals surface area contributed by atoms with E-state index in [1.807, 2.05) is 24.3 Å². The number of hydrogen-bond acceptors (Lipinski definition) is 5. The molecule has 0 saturated heterocycles. The van der Waals surface area contributed by atoms with Crippen molar-refractivity contribution in [3.8, 4) is 22.1 Å². The molecule has 0 unspecified atom stereocenters. The largest absolute Gasteiger partial charge is 0.438 e. The minimum absolute atomic E-state index is 0.387. The van der Waals surface area contributed by atoms with Crippen LogP contribution in [0.5, 0.6) is 11.6 Å². The quantitative estimate of drug-likeness (QED) is 0.598. The Bertz CT molecular complexity index is 1060. The average Bonchev–Trinajstić information content (AvgIpc) is 3.08. The van der Waals surface area contributed by atoms with Crippen molar-refractivity contribution < 1.29 is 9.53 Å². The summed E-state index contributed by atoms with van der Waals surface area (Å²) in [5.74, 6) is 0.453. The van der Waals surface area contributed by atoms with Gasteiger partial charge in [-0.05, 0) is 29.8 Å². The third-order valence-corrected chi connectivity index (χ3v) is 4.78. The van der Waals surface area contributed by atoms with E-state index in [0.717, 1.165) is 20.7 Å². The molecule has 122 valence electrons. The standard InChI is InChI=1S/C19H13N3O2S/c20-17(23)13-7-4-8-14(9-13)24-18-15-10-16(12-5-2-1-3-6-12)25-19(15)22-11-21-18/h1-11H,(H2,20,23). The molecule has 4 aromatic rings. The molecule has 25 heavy (non-hydrogen) atoms. The lowest BCUT2D eigenvalue weighted by Gasteiger charge is -2.06. The van der Waals surface area contributed by atoms with Crippen molar-refractivity contribution >= 4 is 27.5 Å². The summed E-state index contributed by atoms with van der Waals surface area (Å²) in [5.41, 5.74) is 6.82. The van der Waals surface area contributed by atoms with Crippen LogP contribution in [0, 0.1) is 0 Å². The molecule has 2 N–H and O–H groups in total. The fraction of sp³-hybridized carbons (Fsp3) is 0. The van der Waals surface area contributed by atoms with Crippen LogP contribution in [0.3, 0.4) is 0 Å². The summed E-state index contributed by atoms with van der Waals surface area (Å²) < 4.78 is 5.88. The van der Waals surface area contributed by atoms with Crippen LogP contribution in [0.2, 0.25) is 0 Å². The number of aromatic nitrogens is 2. The van der Waals surface area contributed by atoms with Gasteiger partial charge in [-0.15, -0.1) is 11.3 Å². The molecule has 1 amide bonds. The number of fused-ring (bicyclic) bond motifs is 1. The van der Waals surface area contributed by atoms with E-state index in [4.69, 9.17) is 10.5 Å². The summed E-state index contributed by atoms with van der Waals surface area (Å²) in [7, 11) is 0. The highest BCUT2D eigenvalue weighted by atomic mass is 32.1. The summed E-state index contributed by atoms with van der Waals surface area (Å²) in [4.78, 5) is 21.8. The minimum Gasteiger partial charge on any atom is -0.438 e. The van der Waals surface area contributed by atoms with Crippen molar-refractivity contribution in [2.24, 2.45) is 5.73 Å². The number of rotatable bonds is 4. The van der Waals surface area contributed by atoms with Crippen LogP contribution in [0.4, 0.5) is 0 Å². The number of primary amides is 1. The minimum atomic E-state index is -0.500. The molecule has 0 atom stereocenters. The summed E-state index contributed by atoms with van der Waals surface area (Å²) in [5, 5.41) is 0.829. The van der Waals surface area contributed by atoms with Gasteiger partial charge in [0.05, 0.1) is 5.39 Å². The highest BCUT2D eigenvalue weighted by Crippen LogP contribution is 2.37. The van der Waals surface area contributed by atoms with E-state index in [-0.39, 0.29) is 0 Å². The molecular formula is C19H13N3O2S. The number of nitrogens with zero attached hydrogens (tertiary/aromatic N) is 2. The van der Waals surface area contributed by atoms with E-state index in [2.05, 4.69) is 22.1 Å². The lowest BCUT2D eigenvalue weighted by molar-refractivity contribution is 0.1000. The van der Waals surface area contributed by atoms with Crippen molar-refractivity contribution in [2.75, 3.05) is 0 Å². The highest BCUT2D eigenvalue weighted by molar-refractivity contribution is 7.21. The molecule has 0 spiro atoms. The molecule has 0 aliphatic heterocycles. The van der Waals surface area contributed by atoms with Gasteiger partial charge >= 0.3 is 0 Å². The topological polar surface area (TPSA) is 78.1 Å². The van der Waals surface area contributed by atoms with Crippen molar-refractivity contribution in [1.29, 1.82) is 0 Å². The SMILES string of the molecule is NC(=O)c1cccc(Oc2ncnc3sc(-c4ccccc4)cc23)c1. The van der Waals surface area contributed by atoms with Gasteiger partial charge in [0.15, 0.2) is 0 Å². The summed E-state index contributed by atoms with van der Waals surface area (Å²) in [6, 6.07) is 18.8. The molecular weight excluding hydrogens is 334 g/mol. The smallest absolute Gasteiger partial charge is 0.248 e. The summed E-state index contributed by atoms with van der Waals surface area (Å²) in [6.07, 6.45) is 1.47. The number of carbonyl (C=O) groups is 1. The third-order valence-electron chi connectivity index (χ3n) is 3.68. The number of hydrogen-bond donors (Lipinski definition) is 1. The first-order chi connectivity index (χ1) is 12.2. The Morgan fingerprint density at radius 1 is 1.00 bits per heavy atom. The van der Waals surface area contributed by atoms with Crippen LogP contribution >= 0.6 is 11.3 Å². The van der Waals surface area contributed by atoms with Crippen LogP contribution in [0.15, 0.2) is 67.0 Å². The van der Waals surface area contributed by atoms with Gasteiger partial charge in [0.2, 0.25) is 11.8 Å². The summed E-state index contributed by atoms with van der Waals surface area (Å²) in [6.45, 7) is 0. The Balaban J connectivity index is 1.74. The molecule has 6 heteroatoms. The van der Waals surface area contributed by atoms with Crippen molar-refractivity contribution in [3.05, 3.63) is 72.6 Å². The second-order valence-corrected chi connectivity index (χ2v) is 6.40. The van der Waals surface area contributed by atoms with E-state index >= 15 is 0 Å². The first kappa shape index (κ1) is 15.3. The first-order valence-electron chi connectivity index (χ1n) is 7.58. The lowest BCUT2D eigenvalue weighted by atomic mass is 10.2. The van der Waals surface area contributed by atoms with Gasteiger partial charge in [0, 0.05) is 10.4 Å². The Morgan fingerprint density at radius 2 is 1.84 bits per heavy atom. The van der Waals surface area contributed by atoms with E-state index < -0.39 is 5.91 Å². The third kappa shape index (κ3) is 3.07. The molecule has 2 aromatic heterocycles. The van der Waals surface area contributed by atoms with Gasteiger partial charge in [-0.25, -0.2) is 9.97 Å². The van der Waals surface area contributed by atoms with Gasteiger partial charge in [-0.3, -0.25) is 4.79 Å². The monoisotopic (exact) mass is 347 g/mol. The molecule has 0 aliphatic carbocycles. The second-order valence-electron chi connectivity index (χ2n) is 5.37. The number of ether oxygens (including phenoxy) is 1. The predicted octanol–water partition coefficient (Wildman–Crippen LogP) is 4.25. The van der Waals surface area contributed by atoms with Gasteiger partial charge < -0.3 is 10.5 Å². The fourth-order valence-electron chi connectivity index (χ4n) is 2.48. The Hall–Kier alpha value is -3.25. The van der Waals surface area contributed by atoms with Crippen molar-refractivity contribution in [3.63, 3.8) is 0 Å². The van der Waals surface area contributed by atoms with Crippen molar-refractivity contribution in [2.45, 2.75) is 0 Å². The fourth-order valence-corrected chi connectivity index (χ4v) is 3.48. The van der Waals surface area contributed by atoms with E-state index in [9.17, 15) is 4.79 Å². The Labute approximate surface area is 147 Å². The maximum absolute atomic E-state index is 11.3. The van der Waals surface area contributed by atoms with Crippen molar-refractivity contribution in [1.82, 2.24) is 9.97 Å². The van der Waals surface area contributed by atoms with E-state index in [1.54, 1.807) is 35.6 Å². The number of nitrogens with two attached hydrogens (primary N) is 1. The molecule has 0 fully saturated rings. The highest BCUT2D eigenvalue weighted by Gasteiger charge is 2.12. The maximum Gasteiger partial charge on any atom is 0.248 e. The zero-order valence-corrected chi connectivity index (χ0v) is 13.9. The molecule has 5 nitrogen and oxygen atoms in total. The van der Waals surface area contributed by atoms with Gasteiger partial charge in [0.1, 0.15) is 16.9 Å². The van der Waals surface area contributed by atoms with Crippen LogP contribution in [0.1, 0.15) is 10.4 Å². The number of carbonyl (C=O) groups excluding carboxylic acids is 1. The Kier molecular flexibility index (Phi) is 3.87. The normalized spacial score (nSPS) is 10.7. The second kappa shape index (κ2) is 6.33. The average molecular weight is 347 g/mol. The zero-order valence-electron chi connectivity index (χ0n) is 13.0. The number of amides is 1. The molecule has 2 aromatic carbocycles. The van der Waals surface area contributed by atoms with Gasteiger partial charge in [-0.2, -0.15) is 0 Å². The Morgan fingerprint density at radius 3 is 2.64 bits per heavy atom. The molecule has 0 bridgehead atoms. The molecule has 0 radical (unpaired) electrons. The van der Waals surface area contributed by atoms with Crippen LogP contribution in [-0.2, 0) is 0 Å². The summed E-state index contributed by atoms with van der Waals surface area (Å²) >= 11 is 1.58. The molecule has 0 saturated carbocycles. The predicted molar refractivity (Wildman–Crippen MR) is 97.9 cm³/mol. The lowest BCUT2D eigenvalue weighted by Crippen LogP contribution is -2.10. The van der Waals surface area contributed by atoms with E-state index in [0.29, 0.717) is 17.2 Å².